The van der Waals surface area contributed by atoms with Gasteiger partial charge in [0, 0.05) is 5.75 Å². The zero-order valence-corrected chi connectivity index (χ0v) is 11.0. The number of nitrogens with one attached hydrogen (secondary N) is 1. The first-order valence-corrected chi connectivity index (χ1v) is 6.64. The molecule has 0 unspecified atom stereocenters. The van der Waals surface area contributed by atoms with Gasteiger partial charge in [-0.1, -0.05) is 23.7 Å². The number of anilines is 1. The van der Waals surface area contributed by atoms with E-state index in [1.165, 1.54) is 0 Å². The molecule has 0 aliphatic carbocycles. The number of nitrogens with two attached hydrogens (primary N) is 1. The molecule has 0 aliphatic heterocycles. The molecule has 0 saturated heterocycles. The standard InChI is InChI=1S/C11H13ClN2O3S/c12-7-3-1-2-4-9(7)14-10(15)6-18-5-8(13)11(16)17/h1-4,8H,5-6,13H2,(H,14,15)(H,16,17)/t8-/m1/s1. The minimum absolute atomic E-state index is 0.131. The minimum atomic E-state index is -1.07. The van der Waals surface area contributed by atoms with Crippen LogP contribution >= 0.6 is 23.4 Å². The minimum Gasteiger partial charge on any atom is -0.480 e. The molecular formula is C11H13ClN2O3S. The van der Waals surface area contributed by atoms with Crippen LogP contribution < -0.4 is 11.1 Å². The van der Waals surface area contributed by atoms with Crippen LogP contribution in [0.2, 0.25) is 5.02 Å². The van der Waals surface area contributed by atoms with E-state index in [1.807, 2.05) is 0 Å². The van der Waals surface area contributed by atoms with Crippen molar-refractivity contribution < 1.29 is 14.7 Å². The number of thioether (sulfide) groups is 1. The zero-order valence-electron chi connectivity index (χ0n) is 9.43. The summed E-state index contributed by atoms with van der Waals surface area (Å²) in [4.78, 5) is 22.0. The number of carboxylic acids is 1. The van der Waals surface area contributed by atoms with Crippen LogP contribution in [-0.2, 0) is 9.59 Å². The molecule has 0 bridgehead atoms. The van der Waals surface area contributed by atoms with Gasteiger partial charge in [0.15, 0.2) is 0 Å². The normalized spacial score (nSPS) is 11.9. The summed E-state index contributed by atoms with van der Waals surface area (Å²) < 4.78 is 0. The number of benzene rings is 1. The predicted molar refractivity (Wildman–Crippen MR) is 73.0 cm³/mol. The van der Waals surface area contributed by atoms with Gasteiger partial charge in [-0.15, -0.1) is 11.8 Å². The van der Waals surface area contributed by atoms with E-state index in [2.05, 4.69) is 5.32 Å². The SMILES string of the molecule is N[C@H](CSCC(=O)Nc1ccccc1Cl)C(=O)O. The van der Waals surface area contributed by atoms with E-state index in [-0.39, 0.29) is 17.4 Å². The van der Waals surface area contributed by atoms with E-state index in [1.54, 1.807) is 24.3 Å². The van der Waals surface area contributed by atoms with E-state index in [9.17, 15) is 9.59 Å². The smallest absolute Gasteiger partial charge is 0.321 e. The first kappa shape index (κ1) is 14.8. The van der Waals surface area contributed by atoms with Crippen LogP contribution in [0.1, 0.15) is 0 Å². The van der Waals surface area contributed by atoms with Crippen LogP contribution in [-0.4, -0.2) is 34.5 Å². The molecule has 0 aliphatic rings. The molecule has 0 saturated carbocycles. The molecule has 1 aromatic carbocycles. The number of hydrogen-bond donors (Lipinski definition) is 3. The Balaban J connectivity index is 2.35. The van der Waals surface area contributed by atoms with E-state index in [0.29, 0.717) is 10.7 Å². The lowest BCUT2D eigenvalue weighted by molar-refractivity contribution is -0.137. The highest BCUT2D eigenvalue weighted by Gasteiger charge is 2.12. The summed E-state index contributed by atoms with van der Waals surface area (Å²) >= 11 is 7.04. The second-order valence-electron chi connectivity index (χ2n) is 3.49. The van der Waals surface area contributed by atoms with Crippen LogP contribution in [0.5, 0.6) is 0 Å². The van der Waals surface area contributed by atoms with Crippen LogP contribution in [0.15, 0.2) is 24.3 Å². The van der Waals surface area contributed by atoms with Crippen molar-refractivity contribution in [2.45, 2.75) is 6.04 Å². The molecule has 7 heteroatoms. The third-order valence-corrected chi connectivity index (χ3v) is 3.39. The van der Waals surface area contributed by atoms with Gasteiger partial charge < -0.3 is 16.2 Å². The second-order valence-corrected chi connectivity index (χ2v) is 4.93. The number of rotatable bonds is 6. The second kappa shape index (κ2) is 7.25. The zero-order chi connectivity index (χ0) is 13.5. The monoisotopic (exact) mass is 288 g/mol. The summed E-state index contributed by atoms with van der Waals surface area (Å²) in [5.74, 6) is -1.00. The van der Waals surface area contributed by atoms with Gasteiger partial charge in [0.25, 0.3) is 0 Å². The van der Waals surface area contributed by atoms with Crippen LogP contribution in [0.4, 0.5) is 5.69 Å². The van der Waals surface area contributed by atoms with Gasteiger partial charge in [-0.3, -0.25) is 9.59 Å². The maximum absolute atomic E-state index is 11.5. The van der Waals surface area contributed by atoms with Gasteiger partial charge in [0.05, 0.1) is 16.5 Å². The fraction of sp³-hybridized carbons (Fsp3) is 0.273. The third-order valence-electron chi connectivity index (χ3n) is 2.00. The summed E-state index contributed by atoms with van der Waals surface area (Å²) in [6.45, 7) is 0. The number of amides is 1. The Morgan fingerprint density at radius 2 is 2.11 bits per heavy atom. The molecule has 98 valence electrons. The summed E-state index contributed by atoms with van der Waals surface area (Å²) in [5.41, 5.74) is 5.84. The molecule has 4 N–H and O–H groups in total. The van der Waals surface area contributed by atoms with Crippen molar-refractivity contribution in [2.24, 2.45) is 5.73 Å². The average molecular weight is 289 g/mol. The maximum Gasteiger partial charge on any atom is 0.321 e. The van der Waals surface area contributed by atoms with Gasteiger partial charge in [-0.25, -0.2) is 0 Å². The molecule has 1 aromatic rings. The Hall–Kier alpha value is -1.24. The summed E-state index contributed by atoms with van der Waals surface area (Å²) in [6.07, 6.45) is 0. The molecule has 0 spiro atoms. The topological polar surface area (TPSA) is 92.4 Å². The summed E-state index contributed by atoms with van der Waals surface area (Å²) in [7, 11) is 0. The number of carbonyl (C=O) groups excluding carboxylic acids is 1. The molecular weight excluding hydrogens is 276 g/mol. The van der Waals surface area contributed by atoms with Gasteiger partial charge in [0.1, 0.15) is 6.04 Å². The number of para-hydroxylation sites is 1. The summed E-state index contributed by atoms with van der Waals surface area (Å²) in [6, 6.07) is 5.93. The van der Waals surface area contributed by atoms with Crippen LogP contribution in [0, 0.1) is 0 Å². The highest BCUT2D eigenvalue weighted by molar-refractivity contribution is 8.00. The fourth-order valence-electron chi connectivity index (χ4n) is 1.10. The average Bonchev–Trinajstić information content (AvgIpc) is 2.32. The maximum atomic E-state index is 11.5. The van der Waals surface area contributed by atoms with Crippen molar-refractivity contribution >= 4 is 40.9 Å². The third kappa shape index (κ3) is 4.95. The highest BCUT2D eigenvalue weighted by Crippen LogP contribution is 2.20. The molecule has 1 rings (SSSR count). The number of carboxylic acid groups (broad SMARTS) is 1. The van der Waals surface area contributed by atoms with Crippen molar-refractivity contribution in [1.82, 2.24) is 0 Å². The van der Waals surface area contributed by atoms with E-state index in [0.717, 1.165) is 11.8 Å². The van der Waals surface area contributed by atoms with Crippen molar-refractivity contribution in [1.29, 1.82) is 0 Å². The fourth-order valence-corrected chi connectivity index (χ4v) is 2.05. The van der Waals surface area contributed by atoms with Crippen molar-refractivity contribution in [2.75, 3.05) is 16.8 Å². The molecule has 5 nitrogen and oxygen atoms in total. The summed E-state index contributed by atoms with van der Waals surface area (Å²) in [5, 5.41) is 11.7. The van der Waals surface area contributed by atoms with E-state index >= 15 is 0 Å². The lowest BCUT2D eigenvalue weighted by Crippen LogP contribution is -2.33. The van der Waals surface area contributed by atoms with Gasteiger partial charge in [-0.2, -0.15) is 0 Å². The predicted octanol–water partition coefficient (Wildman–Crippen LogP) is 1.42. The molecule has 0 aromatic heterocycles. The Morgan fingerprint density at radius 1 is 1.44 bits per heavy atom. The molecule has 0 fully saturated rings. The number of aliphatic carboxylic acids is 1. The Morgan fingerprint density at radius 3 is 2.72 bits per heavy atom. The Bertz CT molecular complexity index is 442. The molecule has 18 heavy (non-hydrogen) atoms. The van der Waals surface area contributed by atoms with E-state index in [4.69, 9.17) is 22.4 Å². The number of halogens is 1. The van der Waals surface area contributed by atoms with Gasteiger partial charge >= 0.3 is 5.97 Å². The lowest BCUT2D eigenvalue weighted by atomic mass is 10.3. The molecule has 1 atom stereocenters. The van der Waals surface area contributed by atoms with Crippen molar-refractivity contribution in [3.05, 3.63) is 29.3 Å². The molecule has 1 amide bonds. The van der Waals surface area contributed by atoms with Crippen molar-refractivity contribution in [3.63, 3.8) is 0 Å². The first-order valence-electron chi connectivity index (χ1n) is 5.11. The van der Waals surface area contributed by atoms with Crippen molar-refractivity contribution in [3.8, 4) is 0 Å². The van der Waals surface area contributed by atoms with E-state index < -0.39 is 12.0 Å². The first-order chi connectivity index (χ1) is 8.50. The van der Waals surface area contributed by atoms with Gasteiger partial charge in [-0.05, 0) is 12.1 Å². The Labute approximate surface area is 114 Å². The van der Waals surface area contributed by atoms with Crippen LogP contribution in [0.25, 0.3) is 0 Å². The van der Waals surface area contributed by atoms with Crippen LogP contribution in [0.3, 0.4) is 0 Å². The van der Waals surface area contributed by atoms with Gasteiger partial charge in [0.2, 0.25) is 5.91 Å². The quantitative estimate of drug-likeness (QED) is 0.736. The number of carbonyl (C=O) groups is 2. The molecule has 0 radical (unpaired) electrons. The molecule has 0 heterocycles. The Kier molecular flexibility index (Phi) is 5.97. The lowest BCUT2D eigenvalue weighted by Gasteiger charge is -2.08. The number of hydrogen-bond acceptors (Lipinski definition) is 4. The highest BCUT2D eigenvalue weighted by atomic mass is 35.5. The largest absolute Gasteiger partial charge is 0.480 e.